The third-order valence-corrected chi connectivity index (χ3v) is 5.86. The fourth-order valence-corrected chi connectivity index (χ4v) is 4.99. The topological polar surface area (TPSA) is 46.6 Å². The summed E-state index contributed by atoms with van der Waals surface area (Å²) in [7, 11) is 0. The van der Waals surface area contributed by atoms with E-state index in [1.165, 1.54) is 4.90 Å². The lowest BCUT2D eigenvalue weighted by molar-refractivity contribution is -0.140. The van der Waals surface area contributed by atoms with Crippen molar-refractivity contribution in [2.75, 3.05) is 13.2 Å². The first kappa shape index (κ1) is 13.0. The van der Waals surface area contributed by atoms with Gasteiger partial charge in [-0.3, -0.25) is 14.5 Å². The molecule has 3 aliphatic heterocycles. The van der Waals surface area contributed by atoms with Crippen molar-refractivity contribution in [3.8, 4) is 5.75 Å². The maximum absolute atomic E-state index is 12.4. The number of benzene rings is 1. The Morgan fingerprint density at radius 3 is 2.24 bits per heavy atom. The van der Waals surface area contributed by atoms with Crippen molar-refractivity contribution in [3.63, 3.8) is 0 Å². The molecule has 0 aromatic heterocycles. The van der Waals surface area contributed by atoms with Gasteiger partial charge in [0.2, 0.25) is 11.8 Å². The number of imide groups is 1. The lowest BCUT2D eigenvalue weighted by atomic mass is 9.85. The zero-order valence-corrected chi connectivity index (χ0v) is 12.2. The maximum Gasteiger partial charge on any atom is 0.234 e. The molecule has 1 aromatic rings. The lowest BCUT2D eigenvalue weighted by Crippen LogP contribution is -2.36. The van der Waals surface area contributed by atoms with E-state index in [-0.39, 0.29) is 34.2 Å². The molecule has 4 nitrogen and oxygen atoms in total. The normalized spacial score (nSPS) is 32.9. The second-order valence-electron chi connectivity index (χ2n) is 5.49. The van der Waals surface area contributed by atoms with E-state index >= 15 is 0 Å². The van der Waals surface area contributed by atoms with E-state index in [1.807, 2.05) is 30.3 Å². The van der Waals surface area contributed by atoms with Gasteiger partial charge in [0.25, 0.3) is 0 Å². The van der Waals surface area contributed by atoms with Crippen LogP contribution < -0.4 is 4.74 Å². The molecule has 4 atom stereocenters. The largest absolute Gasteiger partial charge is 0.492 e. The van der Waals surface area contributed by atoms with Crippen molar-refractivity contribution >= 4 is 23.6 Å². The quantitative estimate of drug-likeness (QED) is 0.627. The van der Waals surface area contributed by atoms with Crippen molar-refractivity contribution in [1.82, 2.24) is 4.90 Å². The summed E-state index contributed by atoms with van der Waals surface area (Å²) >= 11 is 1.74. The molecular formula is C16H15NO3S. The van der Waals surface area contributed by atoms with Crippen LogP contribution in [-0.2, 0) is 9.59 Å². The van der Waals surface area contributed by atoms with E-state index < -0.39 is 0 Å². The van der Waals surface area contributed by atoms with Gasteiger partial charge in [0.05, 0.1) is 18.4 Å². The van der Waals surface area contributed by atoms with E-state index in [2.05, 4.69) is 12.2 Å². The number of amides is 2. The SMILES string of the molecule is O=C1C2C3C=CC(S3)C2C(=O)N1CCOc1ccccc1. The highest BCUT2D eigenvalue weighted by molar-refractivity contribution is 8.01. The Hall–Kier alpha value is -1.75. The van der Waals surface area contributed by atoms with Crippen LogP contribution in [0.25, 0.3) is 0 Å². The van der Waals surface area contributed by atoms with Gasteiger partial charge in [0.1, 0.15) is 12.4 Å². The molecular weight excluding hydrogens is 286 g/mol. The van der Waals surface area contributed by atoms with Gasteiger partial charge in [0.15, 0.2) is 0 Å². The van der Waals surface area contributed by atoms with Crippen LogP contribution in [0.4, 0.5) is 0 Å². The number of fused-ring (bicyclic) bond motifs is 5. The van der Waals surface area contributed by atoms with Crippen molar-refractivity contribution in [2.24, 2.45) is 11.8 Å². The molecule has 2 bridgehead atoms. The Labute approximate surface area is 127 Å². The Kier molecular flexibility index (Phi) is 3.03. The first-order valence-corrected chi connectivity index (χ1v) is 8.07. The van der Waals surface area contributed by atoms with Crippen molar-refractivity contribution in [1.29, 1.82) is 0 Å². The Bertz CT molecular complexity index is 585. The number of hydrogen-bond donors (Lipinski definition) is 0. The van der Waals surface area contributed by atoms with Crippen LogP contribution in [0.3, 0.4) is 0 Å². The van der Waals surface area contributed by atoms with Crippen molar-refractivity contribution in [3.05, 3.63) is 42.5 Å². The number of hydrogen-bond acceptors (Lipinski definition) is 4. The molecule has 3 aliphatic rings. The van der Waals surface area contributed by atoms with Gasteiger partial charge in [0, 0.05) is 10.5 Å². The highest BCUT2D eigenvalue weighted by Crippen LogP contribution is 2.52. The van der Waals surface area contributed by atoms with Crippen LogP contribution >= 0.6 is 11.8 Å². The standard InChI is InChI=1S/C16H15NO3S/c18-15-13-11-6-7-12(21-11)14(13)16(19)17(15)8-9-20-10-4-2-1-3-5-10/h1-7,11-14H,8-9H2. The smallest absolute Gasteiger partial charge is 0.234 e. The van der Waals surface area contributed by atoms with Gasteiger partial charge in [-0.05, 0) is 12.1 Å². The first-order valence-electron chi connectivity index (χ1n) is 7.12. The predicted octanol–water partition coefficient (Wildman–Crippen LogP) is 1.72. The van der Waals surface area contributed by atoms with Crippen molar-refractivity contribution < 1.29 is 14.3 Å². The molecule has 4 unspecified atom stereocenters. The Morgan fingerprint density at radius 1 is 1.00 bits per heavy atom. The molecule has 0 N–H and O–H groups in total. The minimum Gasteiger partial charge on any atom is -0.492 e. The molecule has 0 spiro atoms. The third-order valence-electron chi connectivity index (χ3n) is 4.33. The fraction of sp³-hybridized carbons (Fsp3) is 0.375. The minimum atomic E-state index is -0.144. The molecule has 5 heteroatoms. The van der Waals surface area contributed by atoms with Gasteiger partial charge in [-0.25, -0.2) is 0 Å². The number of carbonyl (C=O) groups is 2. The van der Waals surface area contributed by atoms with E-state index in [4.69, 9.17) is 4.74 Å². The van der Waals surface area contributed by atoms with E-state index in [0.717, 1.165) is 5.75 Å². The molecule has 4 rings (SSSR count). The van der Waals surface area contributed by atoms with Crippen LogP contribution in [0.2, 0.25) is 0 Å². The molecule has 0 aliphatic carbocycles. The molecule has 2 saturated heterocycles. The molecule has 108 valence electrons. The van der Waals surface area contributed by atoms with Crippen LogP contribution in [0.5, 0.6) is 5.75 Å². The summed E-state index contributed by atoms with van der Waals surface area (Å²) in [5.74, 6) is 0.426. The highest BCUT2D eigenvalue weighted by Gasteiger charge is 2.59. The Morgan fingerprint density at radius 2 is 1.62 bits per heavy atom. The number of para-hydroxylation sites is 1. The number of thioether (sulfide) groups is 1. The van der Waals surface area contributed by atoms with Gasteiger partial charge in [-0.15, -0.1) is 11.8 Å². The van der Waals surface area contributed by atoms with E-state index in [9.17, 15) is 9.59 Å². The second-order valence-corrected chi connectivity index (χ2v) is 6.85. The number of ether oxygens (including phenoxy) is 1. The zero-order valence-electron chi connectivity index (χ0n) is 11.3. The zero-order chi connectivity index (χ0) is 14.4. The molecule has 3 heterocycles. The van der Waals surface area contributed by atoms with Crippen LogP contribution in [0, 0.1) is 11.8 Å². The minimum absolute atomic E-state index is 0.0222. The summed E-state index contributed by atoms with van der Waals surface area (Å²) in [6.45, 7) is 0.681. The molecule has 1 aromatic carbocycles. The fourth-order valence-electron chi connectivity index (χ4n) is 3.36. The summed E-state index contributed by atoms with van der Waals surface area (Å²) < 4.78 is 5.59. The van der Waals surface area contributed by atoms with Gasteiger partial charge >= 0.3 is 0 Å². The number of rotatable bonds is 4. The molecule has 21 heavy (non-hydrogen) atoms. The van der Waals surface area contributed by atoms with Crippen LogP contribution in [-0.4, -0.2) is 40.4 Å². The monoisotopic (exact) mass is 301 g/mol. The van der Waals surface area contributed by atoms with E-state index in [1.54, 1.807) is 11.8 Å². The van der Waals surface area contributed by atoms with Crippen LogP contribution in [0.15, 0.2) is 42.5 Å². The summed E-state index contributed by atoms with van der Waals surface area (Å²) in [6, 6.07) is 9.44. The lowest BCUT2D eigenvalue weighted by Gasteiger charge is -2.17. The van der Waals surface area contributed by atoms with E-state index in [0.29, 0.717) is 13.2 Å². The van der Waals surface area contributed by atoms with Crippen LogP contribution in [0.1, 0.15) is 0 Å². The highest BCUT2D eigenvalue weighted by atomic mass is 32.2. The average Bonchev–Trinajstić information content (AvgIpc) is 3.17. The predicted molar refractivity (Wildman–Crippen MR) is 79.9 cm³/mol. The maximum atomic E-state index is 12.4. The average molecular weight is 301 g/mol. The van der Waals surface area contributed by atoms with Crippen molar-refractivity contribution in [2.45, 2.75) is 10.5 Å². The number of carbonyl (C=O) groups excluding carboxylic acids is 2. The summed E-state index contributed by atoms with van der Waals surface area (Å²) in [5.41, 5.74) is 0. The van der Waals surface area contributed by atoms with Gasteiger partial charge in [-0.2, -0.15) is 0 Å². The second kappa shape index (κ2) is 4.91. The molecule has 2 fully saturated rings. The first-order chi connectivity index (χ1) is 10.3. The summed E-state index contributed by atoms with van der Waals surface area (Å²) in [4.78, 5) is 26.3. The molecule has 0 radical (unpaired) electrons. The Balaban J connectivity index is 1.41. The number of likely N-dealkylation sites (tertiary alicyclic amines) is 1. The van der Waals surface area contributed by atoms with Gasteiger partial charge in [-0.1, -0.05) is 30.4 Å². The molecule has 2 amide bonds. The summed E-state index contributed by atoms with van der Waals surface area (Å²) in [5, 5.41) is 0.382. The third kappa shape index (κ3) is 1.99. The molecule has 0 saturated carbocycles. The van der Waals surface area contributed by atoms with Gasteiger partial charge < -0.3 is 4.74 Å². The number of nitrogens with zero attached hydrogens (tertiary/aromatic N) is 1. The summed E-state index contributed by atoms with van der Waals surface area (Å²) in [6.07, 6.45) is 4.15.